The molecule has 4 heterocycles. The normalized spacial score (nSPS) is 11.2. The maximum atomic E-state index is 6.08. The van der Waals surface area contributed by atoms with Gasteiger partial charge < -0.3 is 9.14 Å². The van der Waals surface area contributed by atoms with E-state index >= 15 is 0 Å². The van der Waals surface area contributed by atoms with Gasteiger partial charge in [0, 0.05) is 41.8 Å². The third-order valence-electron chi connectivity index (χ3n) is 4.72. The van der Waals surface area contributed by atoms with Gasteiger partial charge in [-0.25, -0.2) is 4.98 Å². The highest BCUT2D eigenvalue weighted by molar-refractivity contribution is 7.98. The van der Waals surface area contributed by atoms with E-state index in [4.69, 9.17) is 16.3 Å². The number of fused-ring (bicyclic) bond motifs is 1. The highest BCUT2D eigenvalue weighted by Gasteiger charge is 2.17. The Labute approximate surface area is 187 Å². The van der Waals surface area contributed by atoms with Crippen LogP contribution in [0.1, 0.15) is 5.69 Å². The lowest BCUT2D eigenvalue weighted by molar-refractivity contribution is 0.414. The van der Waals surface area contributed by atoms with Crippen molar-refractivity contribution in [2.75, 3.05) is 7.11 Å². The van der Waals surface area contributed by atoms with Crippen LogP contribution in [0.5, 0.6) is 5.75 Å². The van der Waals surface area contributed by atoms with Gasteiger partial charge in [0.05, 0.1) is 17.8 Å². The first-order valence-electron chi connectivity index (χ1n) is 9.47. The Morgan fingerprint density at radius 3 is 2.55 bits per heavy atom. The molecule has 0 amide bonds. The second kappa shape index (κ2) is 8.41. The fraction of sp³-hybridized carbons (Fsp3) is 0.0909. The molecule has 31 heavy (non-hydrogen) atoms. The number of hydrogen-bond acceptors (Lipinski definition) is 6. The molecular formula is C22H17ClN6OS. The first kappa shape index (κ1) is 19.6. The lowest BCUT2D eigenvalue weighted by Crippen LogP contribution is -2.00. The molecule has 5 aromatic rings. The molecule has 0 unspecified atom stereocenters. The molecule has 5 rings (SSSR count). The van der Waals surface area contributed by atoms with Gasteiger partial charge in [0.15, 0.2) is 11.0 Å². The van der Waals surface area contributed by atoms with Gasteiger partial charge in [0.2, 0.25) is 0 Å². The first-order valence-corrected chi connectivity index (χ1v) is 10.8. The van der Waals surface area contributed by atoms with Crippen LogP contribution in [0.4, 0.5) is 0 Å². The molecule has 0 fully saturated rings. The number of ether oxygens (including phenoxy) is 1. The van der Waals surface area contributed by atoms with Crippen LogP contribution in [0.2, 0.25) is 5.02 Å². The molecule has 0 radical (unpaired) electrons. The van der Waals surface area contributed by atoms with E-state index in [-0.39, 0.29) is 0 Å². The van der Waals surface area contributed by atoms with Crippen LogP contribution in [0, 0.1) is 0 Å². The summed E-state index contributed by atoms with van der Waals surface area (Å²) in [4.78, 5) is 8.77. The topological polar surface area (TPSA) is 70.1 Å². The minimum Gasteiger partial charge on any atom is -0.497 e. The molecule has 9 heteroatoms. The van der Waals surface area contributed by atoms with E-state index in [2.05, 4.69) is 20.2 Å². The zero-order chi connectivity index (χ0) is 21.2. The van der Waals surface area contributed by atoms with Crippen molar-refractivity contribution < 1.29 is 4.74 Å². The molecule has 4 aromatic heterocycles. The molecule has 0 atom stereocenters. The van der Waals surface area contributed by atoms with Gasteiger partial charge in [0.25, 0.3) is 0 Å². The Bertz CT molecular complexity index is 1330. The third-order valence-corrected chi connectivity index (χ3v) is 5.90. The number of benzene rings is 1. The van der Waals surface area contributed by atoms with Crippen molar-refractivity contribution in [3.05, 3.63) is 84.0 Å². The predicted octanol–water partition coefficient (Wildman–Crippen LogP) is 4.93. The van der Waals surface area contributed by atoms with Gasteiger partial charge in [-0.15, -0.1) is 10.2 Å². The monoisotopic (exact) mass is 448 g/mol. The summed E-state index contributed by atoms with van der Waals surface area (Å²) in [5.41, 5.74) is 3.67. The van der Waals surface area contributed by atoms with Gasteiger partial charge in [0.1, 0.15) is 11.4 Å². The van der Waals surface area contributed by atoms with Gasteiger partial charge in [-0.2, -0.15) is 0 Å². The average molecular weight is 449 g/mol. The predicted molar refractivity (Wildman–Crippen MR) is 121 cm³/mol. The highest BCUT2D eigenvalue weighted by Crippen LogP contribution is 2.30. The van der Waals surface area contributed by atoms with Crippen LogP contribution in [-0.2, 0) is 5.75 Å². The number of nitrogens with zero attached hydrogens (tertiary/aromatic N) is 6. The van der Waals surface area contributed by atoms with E-state index in [1.165, 1.54) is 0 Å². The fourth-order valence-electron chi connectivity index (χ4n) is 3.24. The molecule has 0 aliphatic carbocycles. The third kappa shape index (κ3) is 3.99. The minimum absolute atomic E-state index is 0.643. The summed E-state index contributed by atoms with van der Waals surface area (Å²) in [6, 6.07) is 15.4. The van der Waals surface area contributed by atoms with Gasteiger partial charge in [-0.3, -0.25) is 9.55 Å². The van der Waals surface area contributed by atoms with Crippen molar-refractivity contribution in [2.45, 2.75) is 10.9 Å². The minimum atomic E-state index is 0.643. The van der Waals surface area contributed by atoms with Crippen molar-refractivity contribution in [1.82, 2.24) is 29.1 Å². The summed E-state index contributed by atoms with van der Waals surface area (Å²) in [5, 5.41) is 10.4. The molecule has 7 nitrogen and oxygen atoms in total. The zero-order valence-electron chi connectivity index (χ0n) is 16.5. The molecule has 0 spiro atoms. The van der Waals surface area contributed by atoms with Crippen molar-refractivity contribution >= 4 is 29.0 Å². The molecular weight excluding hydrogens is 432 g/mol. The van der Waals surface area contributed by atoms with Crippen LogP contribution >= 0.6 is 23.4 Å². The van der Waals surface area contributed by atoms with Crippen LogP contribution in [-0.4, -0.2) is 36.2 Å². The number of aromatic nitrogens is 6. The van der Waals surface area contributed by atoms with E-state index in [1.807, 2.05) is 69.9 Å². The van der Waals surface area contributed by atoms with Crippen LogP contribution in [0.3, 0.4) is 0 Å². The highest BCUT2D eigenvalue weighted by atomic mass is 35.5. The Balaban J connectivity index is 1.50. The number of hydrogen-bond donors (Lipinski definition) is 0. The molecule has 0 saturated heterocycles. The number of methoxy groups -OCH3 is 1. The summed E-state index contributed by atoms with van der Waals surface area (Å²) in [7, 11) is 1.65. The lowest BCUT2D eigenvalue weighted by Gasteiger charge is -2.10. The number of rotatable bonds is 6. The molecule has 1 aromatic carbocycles. The second-order valence-electron chi connectivity index (χ2n) is 6.71. The SMILES string of the molecule is COc1ccc(-n2c(SCc3cn4cc(Cl)ccc4n3)nnc2-c2ccncc2)cc1. The maximum absolute atomic E-state index is 6.08. The number of halogens is 1. The van der Waals surface area contributed by atoms with Crippen molar-refractivity contribution in [3.8, 4) is 22.8 Å². The Morgan fingerprint density at radius 1 is 0.968 bits per heavy atom. The zero-order valence-corrected chi connectivity index (χ0v) is 18.1. The van der Waals surface area contributed by atoms with Crippen LogP contribution in [0.25, 0.3) is 22.7 Å². The molecule has 0 N–H and O–H groups in total. The van der Waals surface area contributed by atoms with Gasteiger partial charge in [-0.05, 0) is 48.5 Å². The van der Waals surface area contributed by atoms with Crippen molar-refractivity contribution in [1.29, 1.82) is 0 Å². The molecule has 0 aliphatic rings. The Hall–Kier alpha value is -3.36. The standard InChI is InChI=1S/C22H17ClN6OS/c1-30-19-5-3-18(4-6-19)29-21(15-8-10-24-11-9-15)26-27-22(29)31-14-17-13-28-12-16(23)2-7-20(28)25-17/h2-13H,14H2,1H3. The van der Waals surface area contributed by atoms with Crippen LogP contribution < -0.4 is 4.74 Å². The average Bonchev–Trinajstić information content (AvgIpc) is 3.41. The van der Waals surface area contributed by atoms with Crippen molar-refractivity contribution in [2.24, 2.45) is 0 Å². The Morgan fingerprint density at radius 2 is 1.77 bits per heavy atom. The molecule has 0 aliphatic heterocycles. The number of thioether (sulfide) groups is 1. The van der Waals surface area contributed by atoms with Crippen LogP contribution in [0.15, 0.2) is 78.5 Å². The maximum Gasteiger partial charge on any atom is 0.196 e. The summed E-state index contributed by atoms with van der Waals surface area (Å²) in [6.07, 6.45) is 7.32. The van der Waals surface area contributed by atoms with E-state index in [9.17, 15) is 0 Å². The first-order chi connectivity index (χ1) is 15.2. The summed E-state index contributed by atoms with van der Waals surface area (Å²) in [6.45, 7) is 0. The second-order valence-corrected chi connectivity index (χ2v) is 8.09. The molecule has 0 bridgehead atoms. The van der Waals surface area contributed by atoms with Crippen molar-refractivity contribution in [3.63, 3.8) is 0 Å². The van der Waals surface area contributed by atoms with E-state index in [1.54, 1.807) is 31.3 Å². The van der Waals surface area contributed by atoms with Gasteiger partial charge >= 0.3 is 0 Å². The smallest absolute Gasteiger partial charge is 0.196 e. The largest absolute Gasteiger partial charge is 0.497 e. The summed E-state index contributed by atoms with van der Waals surface area (Å²) < 4.78 is 9.26. The Kier molecular flexibility index (Phi) is 5.31. The van der Waals surface area contributed by atoms with E-state index in [0.717, 1.165) is 39.3 Å². The number of pyridine rings is 2. The quantitative estimate of drug-likeness (QED) is 0.343. The van der Waals surface area contributed by atoms with E-state index < -0.39 is 0 Å². The summed E-state index contributed by atoms with van der Waals surface area (Å²) >= 11 is 7.66. The van der Waals surface area contributed by atoms with E-state index in [0.29, 0.717) is 10.8 Å². The summed E-state index contributed by atoms with van der Waals surface area (Å²) in [5.74, 6) is 2.18. The number of imidazole rings is 1. The molecule has 0 saturated carbocycles. The fourth-order valence-corrected chi connectivity index (χ4v) is 4.24. The molecule has 154 valence electrons. The lowest BCUT2D eigenvalue weighted by atomic mass is 10.2. The van der Waals surface area contributed by atoms with Gasteiger partial charge in [-0.1, -0.05) is 23.4 Å².